The van der Waals surface area contributed by atoms with E-state index in [2.05, 4.69) is 10.5 Å². The molecule has 0 heterocycles. The van der Waals surface area contributed by atoms with Crippen LogP contribution in [-0.2, 0) is 20.0 Å². The minimum Gasteiger partial charge on any atom is -0.382 e. The Morgan fingerprint density at radius 2 is 1.55 bits per heavy atom. The number of rotatable bonds is 11. The summed E-state index contributed by atoms with van der Waals surface area (Å²) in [4.78, 5) is -0.465. The van der Waals surface area contributed by atoms with Gasteiger partial charge in [-0.1, -0.05) is 27.7 Å². The number of hydrazone groups is 1. The van der Waals surface area contributed by atoms with Crippen LogP contribution in [0.4, 0.5) is 5.69 Å². The second kappa shape index (κ2) is 10.7. The number of aryl methyl sites for hydroxylation is 1. The molecular weight excluding hydrogens is 442 g/mol. The maximum atomic E-state index is 13.3. The first kappa shape index (κ1) is 26.5. The molecule has 13 heteroatoms. The fourth-order valence-electron chi connectivity index (χ4n) is 2.89. The molecule has 0 aliphatic carbocycles. The van der Waals surface area contributed by atoms with Gasteiger partial charge in [-0.3, -0.25) is 10.8 Å². The molecule has 1 aromatic rings. The van der Waals surface area contributed by atoms with Crippen LogP contribution in [0.2, 0.25) is 0 Å². The lowest BCUT2D eigenvalue weighted by Gasteiger charge is -2.24. The molecule has 0 atom stereocenters. The second-order valence-electron chi connectivity index (χ2n) is 6.39. The van der Waals surface area contributed by atoms with Gasteiger partial charge in [0.05, 0.1) is 10.6 Å². The first-order valence-electron chi connectivity index (χ1n) is 9.65. The van der Waals surface area contributed by atoms with Gasteiger partial charge in [-0.05, 0) is 24.6 Å². The Hall–Kier alpha value is -2.53. The summed E-state index contributed by atoms with van der Waals surface area (Å²) < 4.78 is 55.1. The lowest BCUT2D eigenvalue weighted by atomic mass is 10.2. The van der Waals surface area contributed by atoms with Crippen molar-refractivity contribution in [2.24, 2.45) is 10.8 Å². The molecule has 0 fully saturated rings. The monoisotopic (exact) mass is 471 g/mol. The third kappa shape index (κ3) is 5.59. The molecule has 0 aromatic heterocycles. The van der Waals surface area contributed by atoms with E-state index in [0.717, 1.165) is 6.07 Å². The van der Waals surface area contributed by atoms with Crippen LogP contribution in [-0.4, -0.2) is 63.2 Å². The van der Waals surface area contributed by atoms with Crippen molar-refractivity contribution in [3.05, 3.63) is 17.7 Å². The minimum absolute atomic E-state index is 0.000558. The van der Waals surface area contributed by atoms with Crippen molar-refractivity contribution >= 4 is 37.3 Å². The first-order chi connectivity index (χ1) is 14.4. The van der Waals surface area contributed by atoms with Gasteiger partial charge in [0.2, 0.25) is 25.8 Å². The minimum atomic E-state index is -4.10. The summed E-state index contributed by atoms with van der Waals surface area (Å²) >= 11 is 0. The molecule has 11 nitrogen and oxygen atoms in total. The average molecular weight is 472 g/mol. The summed E-state index contributed by atoms with van der Waals surface area (Å²) in [5.41, 5.74) is 7.62. The quantitative estimate of drug-likeness (QED) is 0.247. The van der Waals surface area contributed by atoms with Crippen molar-refractivity contribution in [1.82, 2.24) is 8.61 Å². The number of amidine groups is 1. The molecule has 0 bridgehead atoms. The molecule has 1 aromatic carbocycles. The van der Waals surface area contributed by atoms with Crippen LogP contribution < -0.4 is 11.2 Å². The number of hydrogen-bond donors (Lipinski definition) is 3. The topological polar surface area (TPSA) is 173 Å². The number of sulfonamides is 2. The van der Waals surface area contributed by atoms with E-state index in [1.54, 1.807) is 33.8 Å². The second-order valence-corrected chi connectivity index (χ2v) is 10.2. The van der Waals surface area contributed by atoms with Gasteiger partial charge in [-0.25, -0.2) is 16.8 Å². The normalized spacial score (nSPS) is 12.8. The van der Waals surface area contributed by atoms with Gasteiger partial charge < -0.3 is 5.73 Å². The standard InChI is InChI=1S/C18H29N7O4S2/c1-6-24(7-2)30(26,27)14-10-13(5)17(23-22-15(12-19)18(20)21)16(11-14)31(28,29)25(8-3)9-4/h10-11,23H,6-9H2,1-5H3,(H3,20,21)/b22-15+. The molecule has 0 saturated carbocycles. The van der Waals surface area contributed by atoms with E-state index in [1.165, 1.54) is 21.6 Å². The van der Waals surface area contributed by atoms with Crippen LogP contribution in [0.3, 0.4) is 0 Å². The number of benzene rings is 1. The number of nitrogens with zero attached hydrogens (tertiary/aromatic N) is 4. The van der Waals surface area contributed by atoms with Crippen LogP contribution >= 0.6 is 0 Å². The molecule has 0 unspecified atom stereocenters. The Morgan fingerprint density at radius 3 is 1.97 bits per heavy atom. The third-order valence-corrected chi connectivity index (χ3v) is 8.68. The molecule has 0 spiro atoms. The summed E-state index contributed by atoms with van der Waals surface area (Å²) in [6.45, 7) is 9.04. The Labute approximate surface area is 184 Å². The molecule has 1 rings (SSSR count). The molecule has 31 heavy (non-hydrogen) atoms. The van der Waals surface area contributed by atoms with Crippen LogP contribution in [0, 0.1) is 23.7 Å². The SMILES string of the molecule is CCN(CC)S(=O)(=O)c1cc(C)c(N/N=C(\C#N)C(=N)N)c(S(=O)(=O)N(CC)CC)c1. The van der Waals surface area contributed by atoms with Crippen LogP contribution in [0.1, 0.15) is 33.3 Å². The zero-order chi connectivity index (χ0) is 24.0. The van der Waals surface area contributed by atoms with Crippen molar-refractivity contribution in [2.45, 2.75) is 44.4 Å². The fourth-order valence-corrected chi connectivity index (χ4v) is 6.23. The van der Waals surface area contributed by atoms with E-state index in [-0.39, 0.29) is 47.2 Å². The van der Waals surface area contributed by atoms with E-state index in [9.17, 15) is 16.8 Å². The highest BCUT2D eigenvalue weighted by Crippen LogP contribution is 2.32. The van der Waals surface area contributed by atoms with Gasteiger partial charge in [-0.2, -0.15) is 19.0 Å². The molecule has 0 radical (unpaired) electrons. The lowest BCUT2D eigenvalue weighted by Crippen LogP contribution is -2.33. The Kier molecular flexibility index (Phi) is 9.12. The maximum Gasteiger partial charge on any atom is 0.245 e. The van der Waals surface area contributed by atoms with Crippen LogP contribution in [0.15, 0.2) is 27.0 Å². The highest BCUT2D eigenvalue weighted by Gasteiger charge is 2.30. The van der Waals surface area contributed by atoms with E-state index >= 15 is 0 Å². The fraction of sp³-hybridized carbons (Fsp3) is 0.500. The maximum absolute atomic E-state index is 13.3. The zero-order valence-corrected chi connectivity index (χ0v) is 19.9. The molecule has 0 aliphatic rings. The molecule has 172 valence electrons. The first-order valence-corrected chi connectivity index (χ1v) is 12.5. The molecule has 0 saturated heterocycles. The Balaban J connectivity index is 3.88. The van der Waals surface area contributed by atoms with Crippen LogP contribution in [0.25, 0.3) is 0 Å². The molecule has 0 amide bonds. The average Bonchev–Trinajstić information content (AvgIpc) is 2.70. The number of anilines is 1. The number of hydrogen-bond acceptors (Lipinski definition) is 8. The van der Waals surface area contributed by atoms with Crippen molar-refractivity contribution < 1.29 is 16.8 Å². The summed E-state index contributed by atoms with van der Waals surface area (Å²) in [6.07, 6.45) is 0. The van der Waals surface area contributed by atoms with Gasteiger partial charge >= 0.3 is 0 Å². The highest BCUT2D eigenvalue weighted by atomic mass is 32.2. The van der Waals surface area contributed by atoms with Crippen molar-refractivity contribution in [3.63, 3.8) is 0 Å². The predicted octanol–water partition coefficient (Wildman–Crippen LogP) is 1.28. The molecular formula is C18H29N7O4S2. The number of nitrogens with one attached hydrogen (secondary N) is 2. The summed E-state index contributed by atoms with van der Waals surface area (Å²) in [7, 11) is -8.03. The van der Waals surface area contributed by atoms with E-state index in [0.29, 0.717) is 0 Å². The number of nitrogens with two attached hydrogens (primary N) is 1. The summed E-state index contributed by atoms with van der Waals surface area (Å²) in [5.74, 6) is -0.596. The largest absolute Gasteiger partial charge is 0.382 e. The van der Waals surface area contributed by atoms with Crippen LogP contribution in [0.5, 0.6) is 0 Å². The number of nitriles is 1. The van der Waals surface area contributed by atoms with Gasteiger partial charge in [0.1, 0.15) is 11.0 Å². The Bertz CT molecular complexity index is 1100. The summed E-state index contributed by atoms with van der Waals surface area (Å²) in [5, 5.41) is 20.1. The lowest BCUT2D eigenvalue weighted by molar-refractivity contribution is 0.443. The van der Waals surface area contributed by atoms with Crippen molar-refractivity contribution in [2.75, 3.05) is 31.6 Å². The summed E-state index contributed by atoms with van der Waals surface area (Å²) in [6, 6.07) is 4.06. The van der Waals surface area contributed by atoms with Gasteiger partial charge in [0, 0.05) is 26.2 Å². The van der Waals surface area contributed by atoms with Gasteiger partial charge in [0.25, 0.3) is 0 Å². The van der Waals surface area contributed by atoms with Gasteiger partial charge in [-0.15, -0.1) is 0 Å². The Morgan fingerprint density at radius 1 is 1.06 bits per heavy atom. The van der Waals surface area contributed by atoms with Crippen molar-refractivity contribution in [3.8, 4) is 6.07 Å². The molecule has 0 aliphatic heterocycles. The van der Waals surface area contributed by atoms with E-state index < -0.39 is 31.6 Å². The zero-order valence-electron chi connectivity index (χ0n) is 18.3. The van der Waals surface area contributed by atoms with E-state index in [1.807, 2.05) is 0 Å². The van der Waals surface area contributed by atoms with Gasteiger partial charge in [0.15, 0.2) is 5.84 Å². The van der Waals surface area contributed by atoms with Crippen molar-refractivity contribution in [1.29, 1.82) is 10.7 Å². The van der Waals surface area contributed by atoms with E-state index in [4.69, 9.17) is 16.4 Å². The predicted molar refractivity (Wildman–Crippen MR) is 120 cm³/mol. The molecule has 4 N–H and O–H groups in total. The smallest absolute Gasteiger partial charge is 0.245 e. The highest BCUT2D eigenvalue weighted by molar-refractivity contribution is 7.90. The third-order valence-electron chi connectivity index (χ3n) is 4.58.